The largest absolute Gasteiger partial charge is 0.481 e. The second-order valence-electron chi connectivity index (χ2n) is 6.27. The fourth-order valence-corrected chi connectivity index (χ4v) is 4.62. The molecule has 0 amide bonds. The predicted octanol–water partition coefficient (Wildman–Crippen LogP) is 2.00. The van der Waals surface area contributed by atoms with Gasteiger partial charge >= 0.3 is 6.01 Å². The molecule has 0 spiro atoms. The van der Waals surface area contributed by atoms with E-state index in [0.717, 1.165) is 12.1 Å². The highest BCUT2D eigenvalue weighted by atomic mass is 32.2. The molecule has 0 aliphatic rings. The highest BCUT2D eigenvalue weighted by Gasteiger charge is 2.20. The number of non-ortho nitro benzene ring substituents is 1. The molecule has 174 valence electrons. The number of aromatic nitrogens is 2. The molecule has 2 aromatic carbocycles. The van der Waals surface area contributed by atoms with Gasteiger partial charge in [0.1, 0.15) is 0 Å². The molecule has 0 aliphatic carbocycles. The van der Waals surface area contributed by atoms with E-state index in [-0.39, 0.29) is 38.9 Å². The summed E-state index contributed by atoms with van der Waals surface area (Å²) in [6, 6.07) is 10.4. The number of nitro groups is 1. The molecule has 1 aromatic heterocycles. The standard InChI is InChI=1S/C18H17N5O8S2/c1-30-17-11-16(19-18(20-17)31-2)22-32(26,27)14-8-6-12(7-9-14)21-33(28,29)15-5-3-4-13(10-15)23(24)25/h3-11,21H,1-2H3,(H,19,20,22). The first-order valence-electron chi connectivity index (χ1n) is 8.91. The maximum Gasteiger partial charge on any atom is 0.321 e. The molecule has 0 radical (unpaired) electrons. The minimum Gasteiger partial charge on any atom is -0.481 e. The van der Waals surface area contributed by atoms with Crippen LogP contribution in [0.2, 0.25) is 0 Å². The Balaban J connectivity index is 1.81. The summed E-state index contributed by atoms with van der Waals surface area (Å²) in [6.45, 7) is 0. The maximum absolute atomic E-state index is 12.7. The van der Waals surface area contributed by atoms with Crippen molar-refractivity contribution in [3.05, 3.63) is 64.7 Å². The van der Waals surface area contributed by atoms with Gasteiger partial charge in [0.15, 0.2) is 5.82 Å². The van der Waals surface area contributed by atoms with Crippen LogP contribution in [0.4, 0.5) is 17.2 Å². The van der Waals surface area contributed by atoms with Crippen molar-refractivity contribution in [2.75, 3.05) is 23.7 Å². The first-order valence-corrected chi connectivity index (χ1v) is 11.9. The van der Waals surface area contributed by atoms with Gasteiger partial charge in [-0.3, -0.25) is 19.6 Å². The van der Waals surface area contributed by atoms with Gasteiger partial charge in [0, 0.05) is 23.9 Å². The molecule has 2 N–H and O–H groups in total. The van der Waals surface area contributed by atoms with E-state index >= 15 is 0 Å². The Morgan fingerprint density at radius 3 is 2.12 bits per heavy atom. The van der Waals surface area contributed by atoms with E-state index in [4.69, 9.17) is 9.47 Å². The zero-order chi connectivity index (χ0) is 24.2. The molecule has 33 heavy (non-hydrogen) atoms. The third-order valence-corrected chi connectivity index (χ3v) is 6.82. The second kappa shape index (κ2) is 9.25. The molecule has 0 saturated heterocycles. The van der Waals surface area contributed by atoms with Crippen molar-refractivity contribution in [2.24, 2.45) is 0 Å². The number of anilines is 2. The number of methoxy groups -OCH3 is 2. The summed E-state index contributed by atoms with van der Waals surface area (Å²) in [4.78, 5) is 17.4. The molecule has 15 heteroatoms. The van der Waals surface area contributed by atoms with Gasteiger partial charge in [0.25, 0.3) is 25.7 Å². The third-order valence-electron chi connectivity index (χ3n) is 4.07. The molecule has 0 saturated carbocycles. The van der Waals surface area contributed by atoms with Crippen LogP contribution in [0.5, 0.6) is 11.9 Å². The Labute approximate surface area is 188 Å². The SMILES string of the molecule is COc1cc(NS(=O)(=O)c2ccc(NS(=O)(=O)c3cccc([N+](=O)[O-])c3)cc2)nc(OC)n1. The van der Waals surface area contributed by atoms with Crippen molar-refractivity contribution < 1.29 is 31.2 Å². The minimum absolute atomic E-state index is 0.0471. The van der Waals surface area contributed by atoms with Crippen molar-refractivity contribution in [3.8, 4) is 11.9 Å². The number of benzene rings is 2. The van der Waals surface area contributed by atoms with Gasteiger partial charge in [-0.05, 0) is 30.3 Å². The lowest BCUT2D eigenvalue weighted by atomic mass is 10.3. The number of hydrogen-bond acceptors (Lipinski definition) is 10. The monoisotopic (exact) mass is 495 g/mol. The van der Waals surface area contributed by atoms with Gasteiger partial charge in [0.2, 0.25) is 5.88 Å². The number of hydrogen-bond donors (Lipinski definition) is 2. The van der Waals surface area contributed by atoms with Crippen LogP contribution < -0.4 is 18.9 Å². The summed E-state index contributed by atoms with van der Waals surface area (Å²) in [7, 11) is -5.59. The summed E-state index contributed by atoms with van der Waals surface area (Å²) in [5.41, 5.74) is -0.339. The summed E-state index contributed by atoms with van der Waals surface area (Å²) >= 11 is 0. The van der Waals surface area contributed by atoms with E-state index in [1.807, 2.05) is 0 Å². The Morgan fingerprint density at radius 2 is 1.52 bits per heavy atom. The quantitative estimate of drug-likeness (QED) is 0.329. The van der Waals surface area contributed by atoms with Gasteiger partial charge in [-0.1, -0.05) is 6.07 Å². The van der Waals surface area contributed by atoms with Crippen molar-refractivity contribution in [1.29, 1.82) is 0 Å². The highest BCUT2D eigenvalue weighted by Crippen LogP contribution is 2.23. The Kier molecular flexibility index (Phi) is 6.64. The minimum atomic E-state index is -4.15. The van der Waals surface area contributed by atoms with Crippen LogP contribution in [-0.2, 0) is 20.0 Å². The Bertz CT molecular complexity index is 1370. The number of sulfonamides is 2. The first kappa shape index (κ1) is 23.7. The van der Waals surface area contributed by atoms with Crippen LogP contribution >= 0.6 is 0 Å². The number of nitrogens with one attached hydrogen (secondary N) is 2. The lowest BCUT2D eigenvalue weighted by Crippen LogP contribution is -2.15. The van der Waals surface area contributed by atoms with Crippen LogP contribution in [-0.4, -0.2) is 45.9 Å². The van der Waals surface area contributed by atoms with E-state index in [1.165, 1.54) is 56.7 Å². The van der Waals surface area contributed by atoms with Crippen LogP contribution in [0.25, 0.3) is 0 Å². The van der Waals surface area contributed by atoms with Gasteiger partial charge in [-0.15, -0.1) is 0 Å². The number of ether oxygens (including phenoxy) is 2. The summed E-state index contributed by atoms with van der Waals surface area (Å²) in [6.07, 6.45) is 0. The topological polar surface area (TPSA) is 180 Å². The van der Waals surface area contributed by atoms with E-state index in [9.17, 15) is 26.9 Å². The van der Waals surface area contributed by atoms with Crippen molar-refractivity contribution in [3.63, 3.8) is 0 Å². The van der Waals surface area contributed by atoms with E-state index in [1.54, 1.807) is 0 Å². The highest BCUT2D eigenvalue weighted by molar-refractivity contribution is 7.93. The van der Waals surface area contributed by atoms with Crippen molar-refractivity contribution in [1.82, 2.24) is 9.97 Å². The van der Waals surface area contributed by atoms with Crippen LogP contribution in [0, 0.1) is 10.1 Å². The van der Waals surface area contributed by atoms with Gasteiger partial charge in [0.05, 0.1) is 28.9 Å². The zero-order valence-corrected chi connectivity index (χ0v) is 18.8. The molecule has 0 fully saturated rings. The smallest absolute Gasteiger partial charge is 0.321 e. The van der Waals surface area contributed by atoms with Crippen LogP contribution in [0.1, 0.15) is 0 Å². The van der Waals surface area contributed by atoms with Crippen molar-refractivity contribution >= 4 is 37.2 Å². The molecule has 0 atom stereocenters. The van der Waals surface area contributed by atoms with E-state index < -0.39 is 25.0 Å². The molecule has 3 rings (SSSR count). The molecule has 0 unspecified atom stereocenters. The Morgan fingerprint density at radius 1 is 0.848 bits per heavy atom. The number of rotatable bonds is 9. The van der Waals surface area contributed by atoms with Crippen LogP contribution in [0.15, 0.2) is 64.4 Å². The number of nitrogens with zero attached hydrogens (tertiary/aromatic N) is 3. The normalized spacial score (nSPS) is 11.5. The maximum atomic E-state index is 12.7. The predicted molar refractivity (Wildman–Crippen MR) is 116 cm³/mol. The van der Waals surface area contributed by atoms with Crippen molar-refractivity contribution in [2.45, 2.75) is 9.79 Å². The van der Waals surface area contributed by atoms with Gasteiger partial charge in [-0.2, -0.15) is 9.97 Å². The molecule has 0 aliphatic heterocycles. The fraction of sp³-hybridized carbons (Fsp3) is 0.111. The third kappa shape index (κ3) is 5.64. The molecule has 13 nitrogen and oxygen atoms in total. The van der Waals surface area contributed by atoms with E-state index in [0.29, 0.717) is 0 Å². The second-order valence-corrected chi connectivity index (χ2v) is 9.64. The molecular formula is C18H17N5O8S2. The summed E-state index contributed by atoms with van der Waals surface area (Å²) in [5.74, 6) is -0.0281. The fourth-order valence-electron chi connectivity index (χ4n) is 2.53. The summed E-state index contributed by atoms with van der Waals surface area (Å²) < 4.78 is 64.7. The molecule has 0 bridgehead atoms. The average Bonchev–Trinajstić information content (AvgIpc) is 2.78. The molecule has 1 heterocycles. The van der Waals surface area contributed by atoms with Gasteiger partial charge < -0.3 is 9.47 Å². The lowest BCUT2D eigenvalue weighted by Gasteiger charge is -2.11. The number of nitro benzene ring substituents is 1. The first-order chi connectivity index (χ1) is 15.5. The lowest BCUT2D eigenvalue weighted by molar-refractivity contribution is -0.385. The molecule has 3 aromatic rings. The zero-order valence-electron chi connectivity index (χ0n) is 17.1. The average molecular weight is 495 g/mol. The van der Waals surface area contributed by atoms with Crippen LogP contribution in [0.3, 0.4) is 0 Å². The molecular weight excluding hydrogens is 478 g/mol. The Hall–Kier alpha value is -3.98. The van der Waals surface area contributed by atoms with Gasteiger partial charge in [-0.25, -0.2) is 16.8 Å². The summed E-state index contributed by atoms with van der Waals surface area (Å²) in [5, 5.41) is 10.9. The van der Waals surface area contributed by atoms with E-state index in [2.05, 4.69) is 19.4 Å².